The van der Waals surface area contributed by atoms with Crippen molar-refractivity contribution in [3.8, 4) is 11.5 Å². The van der Waals surface area contributed by atoms with Crippen molar-refractivity contribution in [1.29, 1.82) is 0 Å². The predicted octanol–water partition coefficient (Wildman–Crippen LogP) is 3.30. The fourth-order valence-electron chi connectivity index (χ4n) is 3.54. The number of para-hydroxylation sites is 1. The number of amides is 1. The molecular formula is C22H27FN2O5S. The Labute approximate surface area is 182 Å². The van der Waals surface area contributed by atoms with Crippen molar-refractivity contribution < 1.29 is 27.1 Å². The number of nitrogens with zero attached hydrogens (tertiary/aromatic N) is 2. The molecule has 31 heavy (non-hydrogen) atoms. The molecule has 1 fully saturated rings. The van der Waals surface area contributed by atoms with Gasteiger partial charge in [0.1, 0.15) is 12.4 Å². The van der Waals surface area contributed by atoms with Gasteiger partial charge in [-0.3, -0.25) is 9.10 Å². The highest BCUT2D eigenvalue weighted by molar-refractivity contribution is 7.92. The summed E-state index contributed by atoms with van der Waals surface area (Å²) in [4.78, 5) is 14.5. The third-order valence-corrected chi connectivity index (χ3v) is 7.24. The number of halogens is 1. The molecule has 0 saturated carbocycles. The minimum absolute atomic E-state index is 0.131. The fourth-order valence-corrected chi connectivity index (χ4v) is 4.98. The average molecular weight is 451 g/mol. The topological polar surface area (TPSA) is 76.2 Å². The van der Waals surface area contributed by atoms with Gasteiger partial charge in [0.05, 0.1) is 24.8 Å². The molecule has 1 aliphatic rings. The summed E-state index contributed by atoms with van der Waals surface area (Å²) in [5.74, 6) is -0.00107. The summed E-state index contributed by atoms with van der Waals surface area (Å²) in [6.45, 7) is 2.74. The van der Waals surface area contributed by atoms with Crippen molar-refractivity contribution in [2.45, 2.75) is 24.7 Å². The first-order chi connectivity index (χ1) is 14.8. The smallest absolute Gasteiger partial charge is 0.265 e. The van der Waals surface area contributed by atoms with Crippen LogP contribution >= 0.6 is 0 Å². The zero-order valence-electron chi connectivity index (χ0n) is 17.9. The van der Waals surface area contributed by atoms with E-state index in [1.165, 1.54) is 56.7 Å². The number of carbonyl (C=O) groups excluding carboxylic acids is 1. The second kappa shape index (κ2) is 9.55. The monoisotopic (exact) mass is 450 g/mol. The van der Waals surface area contributed by atoms with Gasteiger partial charge in [-0.05, 0) is 43.0 Å². The summed E-state index contributed by atoms with van der Waals surface area (Å²) in [7, 11) is -1.44. The largest absolute Gasteiger partial charge is 0.493 e. The van der Waals surface area contributed by atoms with Gasteiger partial charge in [-0.25, -0.2) is 12.8 Å². The number of sulfonamides is 1. The summed E-state index contributed by atoms with van der Waals surface area (Å²) < 4.78 is 52.8. The van der Waals surface area contributed by atoms with Crippen molar-refractivity contribution in [3.63, 3.8) is 0 Å². The van der Waals surface area contributed by atoms with Crippen LogP contribution in [0.1, 0.15) is 19.8 Å². The second-order valence-electron chi connectivity index (χ2n) is 7.54. The molecule has 1 amide bonds. The van der Waals surface area contributed by atoms with Crippen LogP contribution in [0, 0.1) is 11.7 Å². The Bertz CT molecular complexity index is 1040. The molecule has 0 N–H and O–H groups in total. The van der Waals surface area contributed by atoms with Gasteiger partial charge in [0.25, 0.3) is 10.0 Å². The fraction of sp³-hybridized carbons (Fsp3) is 0.409. The highest BCUT2D eigenvalue weighted by atomic mass is 32.2. The summed E-state index contributed by atoms with van der Waals surface area (Å²) in [6.07, 6.45) is 1.71. The molecule has 0 bridgehead atoms. The van der Waals surface area contributed by atoms with Crippen LogP contribution in [0.4, 0.5) is 10.1 Å². The Morgan fingerprint density at radius 2 is 1.74 bits per heavy atom. The number of hydrogen-bond donors (Lipinski definition) is 0. The van der Waals surface area contributed by atoms with Crippen molar-refractivity contribution >= 4 is 21.6 Å². The summed E-state index contributed by atoms with van der Waals surface area (Å²) in [5.41, 5.74) is -0.184. The van der Waals surface area contributed by atoms with Gasteiger partial charge in [0.2, 0.25) is 5.91 Å². The molecule has 0 aromatic heterocycles. The highest BCUT2D eigenvalue weighted by Crippen LogP contribution is 2.33. The first kappa shape index (κ1) is 22.9. The molecular weight excluding hydrogens is 423 g/mol. The molecule has 9 heteroatoms. The van der Waals surface area contributed by atoms with Crippen molar-refractivity contribution in [2.24, 2.45) is 5.92 Å². The van der Waals surface area contributed by atoms with Gasteiger partial charge < -0.3 is 14.4 Å². The van der Waals surface area contributed by atoms with Crippen molar-refractivity contribution in [2.75, 3.05) is 38.2 Å². The standard InChI is InChI=1S/C22H27FN2O5S/c1-16-10-12-24(13-11-16)22(26)15-25(19-7-5-4-6-18(19)23)31(27,28)17-8-9-20(29-2)21(14-17)30-3/h4-9,14,16H,10-13,15H2,1-3H3. The van der Waals surface area contributed by atoms with E-state index in [-0.39, 0.29) is 22.2 Å². The van der Waals surface area contributed by atoms with E-state index >= 15 is 0 Å². The van der Waals surface area contributed by atoms with Gasteiger partial charge in [-0.1, -0.05) is 19.1 Å². The lowest BCUT2D eigenvalue weighted by Gasteiger charge is -2.32. The predicted molar refractivity (Wildman–Crippen MR) is 115 cm³/mol. The first-order valence-corrected chi connectivity index (χ1v) is 11.5. The minimum Gasteiger partial charge on any atom is -0.493 e. The summed E-state index contributed by atoms with van der Waals surface area (Å²) in [5, 5.41) is 0. The number of ether oxygens (including phenoxy) is 2. The van der Waals surface area contributed by atoms with Crippen LogP contribution < -0.4 is 13.8 Å². The SMILES string of the molecule is COc1ccc(S(=O)(=O)N(CC(=O)N2CCC(C)CC2)c2ccccc2F)cc1OC. The zero-order valence-corrected chi connectivity index (χ0v) is 18.7. The van der Waals surface area contributed by atoms with Crippen LogP contribution in [0.5, 0.6) is 11.5 Å². The molecule has 0 spiro atoms. The molecule has 3 rings (SSSR count). The molecule has 2 aromatic carbocycles. The van der Waals surface area contributed by atoms with Crippen LogP contribution in [0.25, 0.3) is 0 Å². The molecule has 0 unspecified atom stereocenters. The third kappa shape index (κ3) is 4.92. The minimum atomic E-state index is -4.27. The Hall–Kier alpha value is -2.81. The Morgan fingerprint density at radius 1 is 1.10 bits per heavy atom. The van der Waals surface area contributed by atoms with Gasteiger partial charge in [0.15, 0.2) is 11.5 Å². The molecule has 7 nitrogen and oxygen atoms in total. The second-order valence-corrected chi connectivity index (χ2v) is 9.41. The van der Waals surface area contributed by atoms with Gasteiger partial charge >= 0.3 is 0 Å². The molecule has 1 heterocycles. The summed E-state index contributed by atoms with van der Waals surface area (Å²) >= 11 is 0. The van der Waals surface area contributed by atoms with Crippen LogP contribution in [-0.2, 0) is 14.8 Å². The number of piperidine rings is 1. The molecule has 168 valence electrons. The van der Waals surface area contributed by atoms with E-state index < -0.39 is 22.4 Å². The maximum Gasteiger partial charge on any atom is 0.265 e. The van der Waals surface area contributed by atoms with Crippen LogP contribution in [0.3, 0.4) is 0 Å². The van der Waals surface area contributed by atoms with Crippen molar-refractivity contribution in [1.82, 2.24) is 4.90 Å². The van der Waals surface area contributed by atoms with E-state index in [9.17, 15) is 17.6 Å². The molecule has 1 aliphatic heterocycles. The maximum absolute atomic E-state index is 14.6. The lowest BCUT2D eigenvalue weighted by Crippen LogP contribution is -2.46. The molecule has 2 aromatic rings. The number of likely N-dealkylation sites (tertiary alicyclic amines) is 1. The Balaban J connectivity index is 2.00. The average Bonchev–Trinajstić information content (AvgIpc) is 2.77. The van der Waals surface area contributed by atoms with Crippen molar-refractivity contribution in [3.05, 3.63) is 48.3 Å². The van der Waals surface area contributed by atoms with E-state index in [4.69, 9.17) is 9.47 Å². The third-order valence-electron chi connectivity index (χ3n) is 5.48. The van der Waals surface area contributed by atoms with Gasteiger partial charge in [0, 0.05) is 19.2 Å². The molecule has 0 atom stereocenters. The Kier molecular flexibility index (Phi) is 7.04. The highest BCUT2D eigenvalue weighted by Gasteiger charge is 2.32. The number of anilines is 1. The molecule has 0 radical (unpaired) electrons. The van der Waals surface area contributed by atoms with Crippen LogP contribution in [-0.4, -0.2) is 53.1 Å². The molecule has 1 saturated heterocycles. The maximum atomic E-state index is 14.6. The van der Waals surface area contributed by atoms with Crippen LogP contribution in [0.2, 0.25) is 0 Å². The van der Waals surface area contributed by atoms with E-state index in [1.807, 2.05) is 0 Å². The lowest BCUT2D eigenvalue weighted by molar-refractivity contribution is -0.130. The summed E-state index contributed by atoms with van der Waals surface area (Å²) in [6, 6.07) is 9.61. The first-order valence-electron chi connectivity index (χ1n) is 10.0. The van der Waals surface area contributed by atoms with Gasteiger partial charge in [-0.15, -0.1) is 0 Å². The lowest BCUT2D eigenvalue weighted by atomic mass is 9.99. The number of benzene rings is 2. The van der Waals surface area contributed by atoms with Gasteiger partial charge in [-0.2, -0.15) is 0 Å². The molecule has 0 aliphatic carbocycles. The number of methoxy groups -OCH3 is 2. The van der Waals surface area contributed by atoms with E-state index in [1.54, 1.807) is 4.90 Å². The zero-order chi connectivity index (χ0) is 22.6. The van der Waals surface area contributed by atoms with E-state index in [2.05, 4.69) is 6.92 Å². The van der Waals surface area contributed by atoms with Crippen LogP contribution in [0.15, 0.2) is 47.4 Å². The Morgan fingerprint density at radius 3 is 2.35 bits per heavy atom. The van der Waals surface area contributed by atoms with E-state index in [0.29, 0.717) is 24.8 Å². The number of hydrogen-bond acceptors (Lipinski definition) is 5. The number of rotatable bonds is 7. The van der Waals surface area contributed by atoms with E-state index in [0.717, 1.165) is 17.1 Å². The normalized spacial score (nSPS) is 14.9. The quantitative estimate of drug-likeness (QED) is 0.647. The number of carbonyl (C=O) groups is 1.